The second-order valence-corrected chi connectivity index (χ2v) is 4.32. The van der Waals surface area contributed by atoms with Crippen molar-refractivity contribution in [3.8, 4) is 0 Å². The van der Waals surface area contributed by atoms with Gasteiger partial charge in [-0.3, -0.25) is 0 Å². The second kappa shape index (κ2) is 2.19. The van der Waals surface area contributed by atoms with Crippen molar-refractivity contribution in [2.24, 2.45) is 11.8 Å². The van der Waals surface area contributed by atoms with E-state index < -0.39 is 23.6 Å². The summed E-state index contributed by atoms with van der Waals surface area (Å²) in [6, 6.07) is 7.31. The van der Waals surface area contributed by atoms with Crippen molar-refractivity contribution < 1.29 is 5.48 Å². The summed E-state index contributed by atoms with van der Waals surface area (Å²) in [7, 11) is 0. The molecule has 5 rings (SSSR count). The summed E-state index contributed by atoms with van der Waals surface area (Å²) in [6.45, 7) is 0. The zero-order valence-electron chi connectivity index (χ0n) is 12.4. The highest BCUT2D eigenvalue weighted by Gasteiger charge is 2.63. The molecule has 0 amide bonds. The van der Waals surface area contributed by atoms with E-state index in [-0.39, 0.29) is 0 Å². The lowest BCUT2D eigenvalue weighted by Crippen LogP contribution is -2.00. The van der Waals surface area contributed by atoms with Gasteiger partial charge >= 0.3 is 0 Å². The molecule has 0 aliphatic heterocycles. The third kappa shape index (κ3) is 0.673. The fourth-order valence-electron chi connectivity index (χ4n) is 2.70. The molecule has 3 aliphatic carbocycles. The SMILES string of the molecule is [2H]C12C=CC3([2H])C([2H])(c4nc5ccccc5nc41)C23[2H]. The Morgan fingerprint density at radius 1 is 1.00 bits per heavy atom. The maximum atomic E-state index is 8.61. The Bertz CT molecular complexity index is 852. The molecule has 1 heterocycles. The molecule has 1 fully saturated rings. The van der Waals surface area contributed by atoms with E-state index in [0.29, 0.717) is 22.4 Å². The van der Waals surface area contributed by atoms with Gasteiger partial charge < -0.3 is 0 Å². The molecule has 1 aromatic carbocycles. The van der Waals surface area contributed by atoms with Crippen LogP contribution in [0.25, 0.3) is 11.0 Å². The summed E-state index contributed by atoms with van der Waals surface area (Å²) in [4.78, 5) is 8.96. The Morgan fingerprint density at radius 2 is 1.75 bits per heavy atom. The van der Waals surface area contributed by atoms with Gasteiger partial charge in [0, 0.05) is 17.3 Å². The van der Waals surface area contributed by atoms with Gasteiger partial charge in [0.15, 0.2) is 0 Å². The van der Waals surface area contributed by atoms with Crippen LogP contribution in [0.5, 0.6) is 0 Å². The van der Waals surface area contributed by atoms with Gasteiger partial charge in [-0.1, -0.05) is 24.3 Å². The quantitative estimate of drug-likeness (QED) is 0.625. The van der Waals surface area contributed by atoms with Gasteiger partial charge in [0.1, 0.15) is 0 Å². The Kier molecular flexibility index (Phi) is 0.697. The van der Waals surface area contributed by atoms with Gasteiger partial charge in [0.25, 0.3) is 0 Å². The molecule has 0 N–H and O–H groups in total. The largest absolute Gasteiger partial charge is 0.249 e. The minimum atomic E-state index is -1.52. The predicted molar refractivity (Wildman–Crippen MR) is 61.1 cm³/mol. The zero-order chi connectivity index (χ0) is 14.0. The lowest BCUT2D eigenvalue weighted by molar-refractivity contribution is 0.734. The van der Waals surface area contributed by atoms with Crippen LogP contribution in [0, 0.1) is 11.8 Å². The molecule has 0 spiro atoms. The number of aromatic nitrogens is 2. The molecule has 1 aromatic heterocycles. The van der Waals surface area contributed by atoms with Crippen LogP contribution in [-0.2, 0) is 0 Å². The number of hydrogen-bond donors (Lipinski definition) is 0. The van der Waals surface area contributed by atoms with Crippen LogP contribution in [-0.4, -0.2) is 9.97 Å². The molecule has 2 aromatic rings. The first-order chi connectivity index (χ1) is 9.40. The van der Waals surface area contributed by atoms with E-state index in [2.05, 4.69) is 9.97 Å². The van der Waals surface area contributed by atoms with Gasteiger partial charge in [-0.2, -0.15) is 0 Å². The van der Waals surface area contributed by atoms with E-state index in [1.807, 2.05) is 18.2 Å². The molecule has 0 saturated heterocycles. The Morgan fingerprint density at radius 3 is 2.56 bits per heavy atom. The lowest BCUT2D eigenvalue weighted by atomic mass is 10.1. The van der Waals surface area contributed by atoms with E-state index in [4.69, 9.17) is 5.48 Å². The first-order valence-corrected chi connectivity index (χ1v) is 5.38. The number of hydrogen-bond acceptors (Lipinski definition) is 2. The minimum Gasteiger partial charge on any atom is -0.249 e. The van der Waals surface area contributed by atoms with Crippen LogP contribution in [0.3, 0.4) is 0 Å². The average Bonchev–Trinajstić information content (AvgIpc) is 2.68. The molecule has 1 saturated carbocycles. The molecule has 2 heteroatoms. The van der Waals surface area contributed by atoms with E-state index in [0.717, 1.165) is 0 Å². The van der Waals surface area contributed by atoms with Gasteiger partial charge in [-0.15, -0.1) is 0 Å². The van der Waals surface area contributed by atoms with Crippen molar-refractivity contribution in [1.29, 1.82) is 0 Å². The van der Waals surface area contributed by atoms with Crippen molar-refractivity contribution in [2.75, 3.05) is 0 Å². The van der Waals surface area contributed by atoms with Crippen molar-refractivity contribution in [3.05, 3.63) is 47.8 Å². The fourth-order valence-corrected chi connectivity index (χ4v) is 2.70. The number of allylic oxidation sites excluding steroid dienone is 2. The summed E-state index contributed by atoms with van der Waals surface area (Å²) in [5.74, 6) is -5.79. The van der Waals surface area contributed by atoms with E-state index in [1.165, 1.54) is 6.08 Å². The monoisotopic (exact) mass is 210 g/mol. The highest BCUT2D eigenvalue weighted by atomic mass is 14.9. The lowest BCUT2D eigenvalue weighted by Gasteiger charge is -2.07. The van der Waals surface area contributed by atoms with Crippen LogP contribution < -0.4 is 0 Å². The van der Waals surface area contributed by atoms with Crippen LogP contribution >= 0.6 is 0 Å². The van der Waals surface area contributed by atoms with Gasteiger partial charge in [0.2, 0.25) is 0 Å². The number of nitrogens with zero attached hydrogens (tertiary/aromatic N) is 2. The molecule has 0 radical (unpaired) electrons. The third-order valence-corrected chi connectivity index (χ3v) is 3.47. The van der Waals surface area contributed by atoms with Gasteiger partial charge in [-0.05, 0) is 23.9 Å². The molecule has 4 atom stereocenters. The highest BCUT2D eigenvalue weighted by molar-refractivity contribution is 5.75. The molecular weight excluding hydrogens is 196 g/mol. The van der Waals surface area contributed by atoms with Crippen LogP contribution in [0.15, 0.2) is 36.4 Å². The number of rotatable bonds is 0. The first-order valence-electron chi connectivity index (χ1n) is 7.38. The normalized spacial score (nSPS) is 58.5. The third-order valence-electron chi connectivity index (χ3n) is 3.47. The molecule has 4 unspecified atom stereocenters. The standard InChI is InChI=1S/C14H10N2/c1-2-4-10-9(3-1)15-13-8-6-5-7-11(8)12(7)14(13)16-10/h1-8,11-12H/i7D,8D,11D,12D. The Balaban J connectivity index is 1.95. The van der Waals surface area contributed by atoms with Crippen LogP contribution in [0.1, 0.15) is 28.7 Å². The molecule has 76 valence electrons. The van der Waals surface area contributed by atoms with Crippen molar-refractivity contribution in [2.45, 2.75) is 11.8 Å². The van der Waals surface area contributed by atoms with E-state index in [9.17, 15) is 0 Å². The maximum Gasteiger partial charge on any atom is 0.0890 e. The first kappa shape index (κ1) is 5.09. The maximum absolute atomic E-state index is 8.61. The fraction of sp³-hybridized carbons (Fsp3) is 0.286. The van der Waals surface area contributed by atoms with Crippen molar-refractivity contribution >= 4 is 11.0 Å². The topological polar surface area (TPSA) is 25.8 Å². The summed E-state index contributed by atoms with van der Waals surface area (Å²) < 4.78 is 34.1. The Hall–Kier alpha value is -1.70. The number of benzene rings is 1. The van der Waals surface area contributed by atoms with E-state index in [1.54, 1.807) is 12.1 Å². The number of para-hydroxylation sites is 2. The van der Waals surface area contributed by atoms with Gasteiger partial charge in [-0.25, -0.2) is 9.97 Å². The van der Waals surface area contributed by atoms with E-state index >= 15 is 0 Å². The number of fused-ring (bicyclic) bond motifs is 5. The summed E-state index contributed by atoms with van der Waals surface area (Å²) >= 11 is 0. The summed E-state index contributed by atoms with van der Waals surface area (Å²) in [6.07, 6.45) is 3.07. The predicted octanol–water partition coefficient (Wildman–Crippen LogP) is 2.63. The highest BCUT2D eigenvalue weighted by Crippen LogP contribution is 2.70. The Labute approximate surface area is 98.7 Å². The van der Waals surface area contributed by atoms with Crippen molar-refractivity contribution in [3.63, 3.8) is 0 Å². The second-order valence-electron chi connectivity index (χ2n) is 4.32. The summed E-state index contributed by atoms with van der Waals surface area (Å²) in [5, 5.41) is 0. The molecular formula is C14H10N2. The smallest absolute Gasteiger partial charge is 0.0890 e. The summed E-state index contributed by atoms with van der Waals surface area (Å²) in [5.41, 5.74) is 2.03. The van der Waals surface area contributed by atoms with Gasteiger partial charge in [0.05, 0.1) is 22.4 Å². The average molecular weight is 210 g/mol. The molecule has 0 bridgehead atoms. The zero-order valence-corrected chi connectivity index (χ0v) is 8.36. The minimum absolute atomic E-state index is 0.334. The molecule has 16 heavy (non-hydrogen) atoms. The molecule has 3 aliphatic rings. The van der Waals surface area contributed by atoms with Crippen molar-refractivity contribution in [1.82, 2.24) is 9.97 Å². The molecule has 2 nitrogen and oxygen atoms in total. The van der Waals surface area contributed by atoms with Crippen LogP contribution in [0.2, 0.25) is 0 Å². The van der Waals surface area contributed by atoms with Crippen LogP contribution in [0.4, 0.5) is 0 Å².